The molecular weight excluding hydrogens is 396 g/mol. The number of hydrogen-bond donors (Lipinski definition) is 1. The van der Waals surface area contributed by atoms with E-state index in [1.807, 2.05) is 48.5 Å². The van der Waals surface area contributed by atoms with Gasteiger partial charge in [0.25, 0.3) is 5.91 Å². The quantitative estimate of drug-likeness (QED) is 0.634. The molecule has 1 atom stereocenters. The van der Waals surface area contributed by atoms with Crippen molar-refractivity contribution < 1.29 is 23.7 Å². The molecule has 0 unspecified atom stereocenters. The number of ether oxygens (including phenoxy) is 4. The number of nitrogens with zero attached hydrogens (tertiary/aromatic N) is 1. The minimum atomic E-state index is -0.576. The third-order valence-electron chi connectivity index (χ3n) is 5.30. The summed E-state index contributed by atoms with van der Waals surface area (Å²) in [5, 5.41) is 3.48. The highest BCUT2D eigenvalue weighted by atomic mass is 16.5. The van der Waals surface area contributed by atoms with Crippen LogP contribution in [0.3, 0.4) is 0 Å². The zero-order valence-corrected chi connectivity index (χ0v) is 17.8. The molecule has 1 N–H and O–H groups in total. The first kappa shape index (κ1) is 20.4. The Morgan fingerprint density at radius 2 is 1.35 bits per heavy atom. The molecule has 0 fully saturated rings. The zero-order valence-electron chi connectivity index (χ0n) is 17.8. The number of carbonyl (C=O) groups is 1. The first-order chi connectivity index (χ1) is 15.1. The van der Waals surface area contributed by atoms with Gasteiger partial charge < -0.3 is 24.3 Å². The lowest BCUT2D eigenvalue weighted by molar-refractivity contribution is 0.0974. The average Bonchev–Trinajstić information content (AvgIpc) is 2.83. The molecule has 1 aliphatic rings. The van der Waals surface area contributed by atoms with Gasteiger partial charge in [-0.2, -0.15) is 0 Å². The molecule has 0 bridgehead atoms. The standard InChI is InChI=1S/C24H24N2O5/c1-28-19-12-8-7-11-18(19)26-23(25-17-10-6-5-9-15(17)24(26)27)16-13-21(30-3)22(31-4)14-20(16)29-2/h5-14,23,25H,1-4H3/t23-/m0/s1. The largest absolute Gasteiger partial charge is 0.496 e. The fourth-order valence-corrected chi connectivity index (χ4v) is 3.81. The highest BCUT2D eigenvalue weighted by Gasteiger charge is 2.37. The normalized spacial score (nSPS) is 15.0. The summed E-state index contributed by atoms with van der Waals surface area (Å²) in [6, 6.07) is 18.4. The van der Waals surface area contributed by atoms with Crippen molar-refractivity contribution in [3.63, 3.8) is 0 Å². The van der Waals surface area contributed by atoms with Crippen LogP contribution in [0.4, 0.5) is 11.4 Å². The lowest BCUT2D eigenvalue weighted by Crippen LogP contribution is -2.43. The van der Waals surface area contributed by atoms with Crippen molar-refractivity contribution in [3.05, 3.63) is 71.8 Å². The number of methoxy groups -OCH3 is 4. The molecule has 31 heavy (non-hydrogen) atoms. The Hall–Kier alpha value is -3.87. The summed E-state index contributed by atoms with van der Waals surface area (Å²) >= 11 is 0. The molecule has 160 valence electrons. The molecule has 1 amide bonds. The fourth-order valence-electron chi connectivity index (χ4n) is 3.81. The summed E-state index contributed by atoms with van der Waals surface area (Å²) in [6.07, 6.45) is -0.576. The molecule has 0 aliphatic carbocycles. The third-order valence-corrected chi connectivity index (χ3v) is 5.30. The van der Waals surface area contributed by atoms with Crippen LogP contribution >= 0.6 is 0 Å². The summed E-state index contributed by atoms with van der Waals surface area (Å²) in [5.74, 6) is 2.06. The van der Waals surface area contributed by atoms with Crippen LogP contribution in [0.25, 0.3) is 0 Å². The number of benzene rings is 3. The number of para-hydroxylation sites is 3. The lowest BCUT2D eigenvalue weighted by atomic mass is 10.0. The van der Waals surface area contributed by atoms with Gasteiger partial charge in [0.05, 0.1) is 39.7 Å². The highest BCUT2D eigenvalue weighted by molar-refractivity contribution is 6.12. The molecule has 0 radical (unpaired) electrons. The van der Waals surface area contributed by atoms with Crippen LogP contribution in [0.2, 0.25) is 0 Å². The Morgan fingerprint density at radius 1 is 0.742 bits per heavy atom. The maximum atomic E-state index is 13.7. The van der Waals surface area contributed by atoms with Crippen LogP contribution in [-0.2, 0) is 0 Å². The number of anilines is 2. The van der Waals surface area contributed by atoms with E-state index in [0.717, 1.165) is 5.69 Å². The van der Waals surface area contributed by atoms with Gasteiger partial charge in [-0.15, -0.1) is 0 Å². The van der Waals surface area contributed by atoms with E-state index in [4.69, 9.17) is 18.9 Å². The summed E-state index contributed by atoms with van der Waals surface area (Å²) < 4.78 is 22.2. The first-order valence-corrected chi connectivity index (χ1v) is 9.75. The minimum absolute atomic E-state index is 0.152. The van der Waals surface area contributed by atoms with Crippen molar-refractivity contribution in [2.24, 2.45) is 0 Å². The van der Waals surface area contributed by atoms with Gasteiger partial charge in [0, 0.05) is 17.3 Å². The van der Waals surface area contributed by atoms with Gasteiger partial charge in [0.15, 0.2) is 11.5 Å². The molecule has 4 rings (SSSR count). The van der Waals surface area contributed by atoms with Crippen molar-refractivity contribution in [1.29, 1.82) is 0 Å². The molecule has 0 aromatic heterocycles. The Kier molecular flexibility index (Phi) is 5.58. The van der Waals surface area contributed by atoms with E-state index in [2.05, 4.69) is 5.32 Å². The van der Waals surface area contributed by atoms with E-state index in [9.17, 15) is 4.79 Å². The Morgan fingerprint density at radius 3 is 2.06 bits per heavy atom. The summed E-state index contributed by atoms with van der Waals surface area (Å²) in [6.45, 7) is 0. The second kappa shape index (κ2) is 8.47. The highest BCUT2D eigenvalue weighted by Crippen LogP contribution is 2.45. The Labute approximate surface area is 181 Å². The summed E-state index contributed by atoms with van der Waals surface area (Å²) in [7, 11) is 6.30. The molecule has 0 saturated carbocycles. The second-order valence-corrected chi connectivity index (χ2v) is 6.89. The van der Waals surface area contributed by atoms with Gasteiger partial charge in [-0.25, -0.2) is 0 Å². The van der Waals surface area contributed by atoms with Crippen molar-refractivity contribution in [1.82, 2.24) is 0 Å². The number of rotatable bonds is 6. The molecule has 0 saturated heterocycles. The van der Waals surface area contributed by atoms with E-state index >= 15 is 0 Å². The van der Waals surface area contributed by atoms with E-state index in [1.165, 1.54) is 0 Å². The second-order valence-electron chi connectivity index (χ2n) is 6.89. The predicted octanol–water partition coefficient (Wildman–Crippen LogP) is 4.49. The zero-order chi connectivity index (χ0) is 22.0. The number of hydrogen-bond acceptors (Lipinski definition) is 6. The number of carbonyl (C=O) groups excluding carboxylic acids is 1. The van der Waals surface area contributed by atoms with E-state index in [-0.39, 0.29) is 5.91 Å². The number of fused-ring (bicyclic) bond motifs is 1. The van der Waals surface area contributed by atoms with E-state index < -0.39 is 6.17 Å². The molecular formula is C24H24N2O5. The summed E-state index contributed by atoms with van der Waals surface area (Å²) in [5.41, 5.74) is 2.66. The van der Waals surface area contributed by atoms with Crippen molar-refractivity contribution >= 4 is 17.3 Å². The van der Waals surface area contributed by atoms with Gasteiger partial charge in [-0.3, -0.25) is 9.69 Å². The summed E-state index contributed by atoms with van der Waals surface area (Å²) in [4.78, 5) is 15.4. The van der Waals surface area contributed by atoms with Crippen LogP contribution in [0, 0.1) is 0 Å². The van der Waals surface area contributed by atoms with Crippen molar-refractivity contribution in [3.8, 4) is 23.0 Å². The van der Waals surface area contributed by atoms with Crippen molar-refractivity contribution in [2.75, 3.05) is 38.7 Å². The molecule has 0 spiro atoms. The third kappa shape index (κ3) is 3.48. The SMILES string of the molecule is COc1cc(OC)c([C@H]2Nc3ccccc3C(=O)N2c2ccccc2OC)cc1OC. The van der Waals surface area contributed by atoms with Gasteiger partial charge in [0.1, 0.15) is 17.7 Å². The molecule has 7 heteroatoms. The molecule has 3 aromatic carbocycles. The van der Waals surface area contributed by atoms with Crippen LogP contribution in [-0.4, -0.2) is 34.3 Å². The van der Waals surface area contributed by atoms with Crippen LogP contribution in [0.15, 0.2) is 60.7 Å². The predicted molar refractivity (Wildman–Crippen MR) is 119 cm³/mol. The van der Waals surface area contributed by atoms with Gasteiger partial charge in [-0.05, 0) is 30.3 Å². The van der Waals surface area contributed by atoms with Gasteiger partial charge in [0.2, 0.25) is 0 Å². The maximum absolute atomic E-state index is 13.7. The lowest BCUT2D eigenvalue weighted by Gasteiger charge is -2.39. The van der Waals surface area contributed by atoms with Crippen LogP contribution in [0.1, 0.15) is 22.1 Å². The Bertz CT molecular complexity index is 1110. The molecule has 3 aromatic rings. The minimum Gasteiger partial charge on any atom is -0.496 e. The van der Waals surface area contributed by atoms with Crippen molar-refractivity contribution in [2.45, 2.75) is 6.17 Å². The maximum Gasteiger partial charge on any atom is 0.262 e. The molecule has 1 heterocycles. The Balaban J connectivity index is 1.95. The van der Waals surface area contributed by atoms with Crippen LogP contribution in [0.5, 0.6) is 23.0 Å². The number of nitrogens with one attached hydrogen (secondary N) is 1. The van der Waals surface area contributed by atoms with Gasteiger partial charge in [-0.1, -0.05) is 24.3 Å². The number of amides is 1. The molecule has 1 aliphatic heterocycles. The van der Waals surface area contributed by atoms with Crippen LogP contribution < -0.4 is 29.2 Å². The first-order valence-electron chi connectivity index (χ1n) is 9.75. The van der Waals surface area contributed by atoms with E-state index in [0.29, 0.717) is 39.8 Å². The fraction of sp³-hybridized carbons (Fsp3) is 0.208. The van der Waals surface area contributed by atoms with Gasteiger partial charge >= 0.3 is 0 Å². The van der Waals surface area contributed by atoms with E-state index in [1.54, 1.807) is 45.5 Å². The molecule has 7 nitrogen and oxygen atoms in total. The smallest absolute Gasteiger partial charge is 0.262 e. The monoisotopic (exact) mass is 420 g/mol. The topological polar surface area (TPSA) is 69.3 Å². The average molecular weight is 420 g/mol.